The number of ether oxygens (including phenoxy) is 2. The highest BCUT2D eigenvalue weighted by molar-refractivity contribution is 6.30. The van der Waals surface area contributed by atoms with E-state index in [2.05, 4.69) is 15.5 Å². The van der Waals surface area contributed by atoms with Crippen molar-refractivity contribution in [1.29, 1.82) is 0 Å². The van der Waals surface area contributed by atoms with E-state index in [0.717, 1.165) is 22.4 Å². The monoisotopic (exact) mass is 568 g/mol. The Morgan fingerprint density at radius 3 is 2.54 bits per heavy atom. The number of carboxylic acids is 1. The summed E-state index contributed by atoms with van der Waals surface area (Å²) in [7, 11) is 3.31. The van der Waals surface area contributed by atoms with Gasteiger partial charge in [-0.1, -0.05) is 17.7 Å². The number of carbonyl (C=O) groups excluding carboxylic acids is 2. The van der Waals surface area contributed by atoms with Crippen molar-refractivity contribution in [2.24, 2.45) is 5.92 Å². The number of anilines is 1. The van der Waals surface area contributed by atoms with Gasteiger partial charge in [-0.05, 0) is 47.9 Å². The first-order valence-corrected chi connectivity index (χ1v) is 11.7. The van der Waals surface area contributed by atoms with Crippen LogP contribution in [0.15, 0.2) is 48.8 Å². The van der Waals surface area contributed by atoms with Gasteiger partial charge in [-0.15, -0.1) is 0 Å². The van der Waals surface area contributed by atoms with Crippen LogP contribution in [0.3, 0.4) is 0 Å². The highest BCUT2D eigenvalue weighted by atomic mass is 35.5. The standard InChI is InChI=1S/C23H23ClN4O4.C2HF3O2/c1-28(2)22(29)13-32-21-9-14(17-10-25-26-11-17)3-5-19(21)27-23(30)16-7-15-8-18(24)4-6-20(15)31-12-16;3-2(4,5)1(6)7/h3-6,8-11,16H,7,12-13H2,1-2H3,(H,25,26)(H,27,30);(H,6,7). The van der Waals surface area contributed by atoms with Crippen LogP contribution < -0.4 is 14.8 Å². The molecule has 0 saturated heterocycles. The van der Waals surface area contributed by atoms with Crippen LogP contribution >= 0.6 is 11.6 Å². The van der Waals surface area contributed by atoms with Gasteiger partial charge in [0.15, 0.2) is 6.61 Å². The summed E-state index contributed by atoms with van der Waals surface area (Å²) in [5.74, 6) is -2.39. The summed E-state index contributed by atoms with van der Waals surface area (Å²) in [6.07, 6.45) is -1.13. The smallest absolute Gasteiger partial charge is 0.490 e. The van der Waals surface area contributed by atoms with Gasteiger partial charge in [0, 0.05) is 30.9 Å². The van der Waals surface area contributed by atoms with E-state index in [9.17, 15) is 22.8 Å². The number of H-pyrrole nitrogens is 1. The van der Waals surface area contributed by atoms with Gasteiger partial charge >= 0.3 is 12.1 Å². The summed E-state index contributed by atoms with van der Waals surface area (Å²) >= 11 is 6.08. The molecule has 0 aliphatic carbocycles. The molecule has 14 heteroatoms. The molecule has 4 rings (SSSR count). The lowest BCUT2D eigenvalue weighted by molar-refractivity contribution is -0.192. The van der Waals surface area contributed by atoms with Crippen molar-refractivity contribution in [2.75, 3.05) is 32.6 Å². The molecule has 2 heterocycles. The molecule has 0 fully saturated rings. The second-order valence-electron chi connectivity index (χ2n) is 8.53. The molecule has 0 spiro atoms. The molecule has 39 heavy (non-hydrogen) atoms. The van der Waals surface area contributed by atoms with Crippen molar-refractivity contribution in [3.05, 3.63) is 59.4 Å². The molecule has 2 aromatic carbocycles. The first-order chi connectivity index (χ1) is 18.3. The van der Waals surface area contributed by atoms with Gasteiger partial charge in [0.2, 0.25) is 5.91 Å². The quantitative estimate of drug-likeness (QED) is 0.409. The number of carbonyl (C=O) groups is 3. The van der Waals surface area contributed by atoms with Gasteiger partial charge in [-0.3, -0.25) is 14.7 Å². The molecular formula is C25H24ClF3N4O6. The number of rotatable bonds is 6. The Bertz CT molecular complexity index is 1330. The molecule has 1 unspecified atom stereocenters. The number of benzene rings is 2. The average molecular weight is 569 g/mol. The van der Waals surface area contributed by atoms with E-state index in [1.807, 2.05) is 18.2 Å². The van der Waals surface area contributed by atoms with Crippen LogP contribution in [0, 0.1) is 5.92 Å². The maximum Gasteiger partial charge on any atom is 0.490 e. The summed E-state index contributed by atoms with van der Waals surface area (Å²) in [6, 6.07) is 10.8. The van der Waals surface area contributed by atoms with Crippen molar-refractivity contribution in [1.82, 2.24) is 15.1 Å². The number of amides is 2. The number of carboxylic acid groups (broad SMARTS) is 1. The molecule has 0 radical (unpaired) electrons. The second kappa shape index (κ2) is 12.5. The van der Waals surface area contributed by atoms with E-state index in [0.29, 0.717) is 22.9 Å². The molecule has 1 aliphatic rings. The van der Waals surface area contributed by atoms with Crippen molar-refractivity contribution < 1.29 is 42.1 Å². The predicted molar refractivity (Wildman–Crippen MR) is 135 cm³/mol. The first-order valence-electron chi connectivity index (χ1n) is 11.3. The SMILES string of the molecule is CN(C)C(=O)COc1cc(-c2cn[nH]c2)ccc1NC(=O)C1COc2ccc(Cl)cc2C1.O=C(O)C(F)(F)F. The van der Waals surface area contributed by atoms with Crippen LogP contribution in [0.2, 0.25) is 5.02 Å². The molecule has 208 valence electrons. The summed E-state index contributed by atoms with van der Waals surface area (Å²) in [5, 5.41) is 17.4. The maximum absolute atomic E-state index is 13.0. The minimum Gasteiger partial charge on any atom is -0.492 e. The number of alkyl halides is 3. The van der Waals surface area contributed by atoms with E-state index in [4.69, 9.17) is 31.0 Å². The van der Waals surface area contributed by atoms with E-state index < -0.39 is 12.1 Å². The highest BCUT2D eigenvalue weighted by Gasteiger charge is 2.38. The van der Waals surface area contributed by atoms with E-state index in [1.54, 1.807) is 44.7 Å². The molecule has 0 saturated carbocycles. The summed E-state index contributed by atoms with van der Waals surface area (Å²) in [6.45, 7) is 0.117. The third-order valence-corrected chi connectivity index (χ3v) is 5.70. The molecule has 1 atom stereocenters. The summed E-state index contributed by atoms with van der Waals surface area (Å²) in [5.41, 5.74) is 3.08. The van der Waals surface area contributed by atoms with Gasteiger partial charge in [0.1, 0.15) is 18.1 Å². The Kier molecular flexibility index (Phi) is 9.41. The number of halogens is 4. The lowest BCUT2D eigenvalue weighted by atomic mass is 9.96. The van der Waals surface area contributed by atoms with E-state index in [-0.39, 0.29) is 30.9 Å². The Labute approximate surface area is 225 Å². The minimum absolute atomic E-state index is 0.150. The lowest BCUT2D eigenvalue weighted by Gasteiger charge is -2.25. The fraction of sp³-hybridized carbons (Fsp3) is 0.280. The largest absolute Gasteiger partial charge is 0.492 e. The van der Waals surface area contributed by atoms with Crippen LogP contribution in [0.25, 0.3) is 11.1 Å². The summed E-state index contributed by atoms with van der Waals surface area (Å²) < 4.78 is 43.3. The van der Waals surface area contributed by atoms with Crippen LogP contribution in [0.1, 0.15) is 5.56 Å². The van der Waals surface area contributed by atoms with E-state index in [1.165, 1.54) is 4.90 Å². The number of nitrogens with one attached hydrogen (secondary N) is 2. The third-order valence-electron chi connectivity index (χ3n) is 5.46. The maximum atomic E-state index is 13.0. The fourth-order valence-corrected chi connectivity index (χ4v) is 3.56. The molecule has 3 aromatic rings. The molecule has 1 aliphatic heterocycles. The van der Waals surface area contributed by atoms with E-state index >= 15 is 0 Å². The molecule has 10 nitrogen and oxygen atoms in total. The topological polar surface area (TPSA) is 134 Å². The lowest BCUT2D eigenvalue weighted by Crippen LogP contribution is -2.33. The van der Waals surface area contributed by atoms with Crippen molar-refractivity contribution in [3.63, 3.8) is 0 Å². The zero-order chi connectivity index (χ0) is 28.7. The first kappa shape index (κ1) is 29.3. The van der Waals surface area contributed by atoms with Crippen molar-refractivity contribution in [3.8, 4) is 22.6 Å². The second-order valence-corrected chi connectivity index (χ2v) is 8.97. The zero-order valence-electron chi connectivity index (χ0n) is 20.7. The Morgan fingerprint density at radius 1 is 1.21 bits per heavy atom. The molecule has 0 bridgehead atoms. The van der Waals surface area contributed by atoms with Crippen LogP contribution in [-0.2, 0) is 20.8 Å². The predicted octanol–water partition coefficient (Wildman–Crippen LogP) is 4.02. The van der Waals surface area contributed by atoms with Gasteiger partial charge in [-0.25, -0.2) is 4.79 Å². The number of aromatic amines is 1. The summed E-state index contributed by atoms with van der Waals surface area (Å²) in [4.78, 5) is 35.4. The Hall–Kier alpha value is -4.26. The molecule has 1 aromatic heterocycles. The van der Waals surface area contributed by atoms with Gasteiger partial charge < -0.3 is 24.8 Å². The normalized spacial score (nSPS) is 14.2. The van der Waals surface area contributed by atoms with Crippen LogP contribution in [-0.4, -0.2) is 71.5 Å². The number of nitrogens with zero attached hydrogens (tertiary/aromatic N) is 2. The Balaban J connectivity index is 0.000000532. The van der Waals surface area contributed by atoms with Gasteiger partial charge in [0.25, 0.3) is 5.91 Å². The van der Waals surface area contributed by atoms with Gasteiger partial charge in [-0.2, -0.15) is 18.3 Å². The number of aliphatic carboxylic acids is 1. The van der Waals surface area contributed by atoms with Gasteiger partial charge in [0.05, 0.1) is 17.8 Å². The number of likely N-dealkylation sites (N-methyl/N-ethyl adjacent to an activating group) is 1. The molecule has 2 amide bonds. The zero-order valence-corrected chi connectivity index (χ0v) is 21.5. The number of hydrogen-bond donors (Lipinski definition) is 3. The Morgan fingerprint density at radius 2 is 1.92 bits per heavy atom. The van der Waals surface area contributed by atoms with Crippen LogP contribution in [0.5, 0.6) is 11.5 Å². The highest BCUT2D eigenvalue weighted by Crippen LogP contribution is 2.33. The van der Waals surface area contributed by atoms with Crippen molar-refractivity contribution in [2.45, 2.75) is 12.6 Å². The fourth-order valence-electron chi connectivity index (χ4n) is 3.37. The number of hydrogen-bond acceptors (Lipinski definition) is 6. The molecule has 3 N–H and O–H groups in total. The third kappa shape index (κ3) is 8.11. The van der Waals surface area contributed by atoms with Crippen molar-refractivity contribution >= 4 is 35.1 Å². The number of fused-ring (bicyclic) bond motifs is 1. The molecular weight excluding hydrogens is 545 g/mol. The number of aromatic nitrogens is 2. The van der Waals surface area contributed by atoms with Crippen LogP contribution in [0.4, 0.5) is 18.9 Å². The minimum atomic E-state index is -5.08. The average Bonchev–Trinajstić information content (AvgIpc) is 3.42.